The number of hydrogen-bond donors (Lipinski definition) is 0. The number of ketones is 1. The lowest BCUT2D eigenvalue weighted by atomic mass is 9.98. The molecule has 192 valence electrons. The van der Waals surface area contributed by atoms with E-state index in [0.717, 1.165) is 41.3 Å². The highest BCUT2D eigenvalue weighted by atomic mass is 79.9. The van der Waals surface area contributed by atoms with Crippen molar-refractivity contribution in [2.75, 3.05) is 26.2 Å². The van der Waals surface area contributed by atoms with Crippen LogP contribution in [0, 0.1) is 11.3 Å². The second-order valence-corrected chi connectivity index (χ2v) is 10.8. The molecule has 3 heterocycles. The summed E-state index contributed by atoms with van der Waals surface area (Å²) in [5.41, 5.74) is 2.26. The maximum atomic E-state index is 13.7. The molecule has 37 heavy (non-hydrogen) atoms. The molecule has 8 heteroatoms. The Hall–Kier alpha value is -3.15. The van der Waals surface area contributed by atoms with Crippen molar-refractivity contribution in [1.29, 1.82) is 5.26 Å². The SMILES string of the molecule is Cn1c(COc2ccc(Br)cc2C#N)c(C(=O)C(=O)N2CCC(N3CCCCC3)CC2)c2ccccc21. The van der Waals surface area contributed by atoms with Crippen molar-refractivity contribution in [3.63, 3.8) is 0 Å². The molecule has 2 fully saturated rings. The van der Waals surface area contributed by atoms with E-state index < -0.39 is 11.7 Å². The summed E-state index contributed by atoms with van der Waals surface area (Å²) < 4.78 is 8.72. The van der Waals surface area contributed by atoms with E-state index in [2.05, 4.69) is 26.9 Å². The predicted molar refractivity (Wildman–Crippen MR) is 145 cm³/mol. The maximum absolute atomic E-state index is 13.7. The molecule has 1 amide bonds. The van der Waals surface area contributed by atoms with Crippen LogP contribution in [-0.4, -0.2) is 58.3 Å². The molecule has 0 bridgehead atoms. The number of fused-ring (bicyclic) bond motifs is 1. The molecular formula is C29H31BrN4O3. The van der Waals surface area contributed by atoms with Crippen molar-refractivity contribution < 1.29 is 14.3 Å². The van der Waals surface area contributed by atoms with Gasteiger partial charge in [-0.25, -0.2) is 0 Å². The molecule has 2 aliphatic heterocycles. The minimum Gasteiger partial charge on any atom is -0.486 e. The number of aryl methyl sites for hydroxylation is 1. The third-order valence-electron chi connectivity index (χ3n) is 7.73. The summed E-state index contributed by atoms with van der Waals surface area (Å²) in [5.74, 6) is -0.514. The van der Waals surface area contributed by atoms with Gasteiger partial charge in [-0.05, 0) is 63.0 Å². The number of Topliss-reactive ketones (excluding diaryl/α,β-unsaturated/α-hetero) is 1. The number of carbonyl (C=O) groups excluding carboxylic acids is 2. The van der Waals surface area contributed by atoms with E-state index in [0.29, 0.717) is 41.7 Å². The number of carbonyl (C=O) groups is 2. The monoisotopic (exact) mass is 562 g/mol. The third-order valence-corrected chi connectivity index (χ3v) is 8.23. The molecule has 0 atom stereocenters. The van der Waals surface area contributed by atoms with Crippen LogP contribution in [-0.2, 0) is 18.4 Å². The van der Waals surface area contributed by atoms with Crippen molar-refractivity contribution >= 4 is 38.5 Å². The number of aromatic nitrogens is 1. The summed E-state index contributed by atoms with van der Waals surface area (Å²) in [7, 11) is 1.87. The molecule has 2 saturated heterocycles. The van der Waals surface area contributed by atoms with Crippen LogP contribution in [0.3, 0.4) is 0 Å². The largest absolute Gasteiger partial charge is 0.486 e. The van der Waals surface area contributed by atoms with Crippen molar-refractivity contribution in [3.8, 4) is 11.8 Å². The standard InChI is InChI=1S/C29H31BrN4O3/c1-32-24-8-4-3-7-23(24)27(25(32)19-37-26-10-9-21(30)17-20(26)18-31)28(35)29(36)34-15-11-22(12-16-34)33-13-5-2-6-14-33/h3-4,7-10,17,22H,2,5-6,11-16,19H2,1H3. The average Bonchev–Trinajstić information content (AvgIpc) is 3.23. The van der Waals surface area contributed by atoms with Crippen LogP contribution in [0.5, 0.6) is 5.75 Å². The van der Waals surface area contributed by atoms with Crippen molar-refractivity contribution in [2.45, 2.75) is 44.8 Å². The van der Waals surface area contributed by atoms with E-state index in [1.54, 1.807) is 23.1 Å². The van der Waals surface area contributed by atoms with E-state index in [4.69, 9.17) is 4.74 Å². The van der Waals surface area contributed by atoms with Crippen LogP contribution in [0.15, 0.2) is 46.9 Å². The zero-order valence-electron chi connectivity index (χ0n) is 21.1. The summed E-state index contributed by atoms with van der Waals surface area (Å²) in [4.78, 5) is 31.5. The lowest BCUT2D eigenvalue weighted by Crippen LogP contribution is -2.49. The van der Waals surface area contributed by atoms with Crippen LogP contribution in [0.2, 0.25) is 0 Å². The first kappa shape index (κ1) is 25.5. The summed E-state index contributed by atoms with van der Waals surface area (Å²) in [6, 6.07) is 15.5. The fraction of sp³-hybridized carbons (Fsp3) is 0.414. The molecule has 7 nitrogen and oxygen atoms in total. The predicted octanol–water partition coefficient (Wildman–Crippen LogP) is 5.05. The normalized spacial score (nSPS) is 17.1. The smallest absolute Gasteiger partial charge is 0.295 e. The quantitative estimate of drug-likeness (QED) is 0.310. The van der Waals surface area contributed by atoms with Gasteiger partial charge in [0.15, 0.2) is 0 Å². The molecule has 0 N–H and O–H groups in total. The number of ether oxygens (including phenoxy) is 1. The van der Waals surface area contributed by atoms with Gasteiger partial charge in [0.1, 0.15) is 18.4 Å². The van der Waals surface area contributed by atoms with Gasteiger partial charge < -0.3 is 19.1 Å². The first-order chi connectivity index (χ1) is 18.0. The van der Waals surface area contributed by atoms with Gasteiger partial charge in [-0.3, -0.25) is 9.59 Å². The maximum Gasteiger partial charge on any atom is 0.295 e. The Bertz CT molecular complexity index is 1360. The second kappa shape index (κ2) is 11.1. The minimum absolute atomic E-state index is 0.0624. The van der Waals surface area contributed by atoms with Gasteiger partial charge in [0, 0.05) is 41.6 Å². The number of nitrogens with zero attached hydrogens (tertiary/aromatic N) is 4. The number of amides is 1. The Labute approximate surface area is 225 Å². The third kappa shape index (κ3) is 5.16. The van der Waals surface area contributed by atoms with E-state index in [9.17, 15) is 14.9 Å². The van der Waals surface area contributed by atoms with Crippen molar-refractivity contribution in [3.05, 3.63) is 63.8 Å². The Kier molecular flexibility index (Phi) is 7.63. The number of halogens is 1. The second-order valence-electron chi connectivity index (χ2n) is 9.89. The highest BCUT2D eigenvalue weighted by Crippen LogP contribution is 2.30. The fourth-order valence-electron chi connectivity index (χ4n) is 5.70. The molecule has 3 aromatic rings. The van der Waals surface area contributed by atoms with Gasteiger partial charge in [0.25, 0.3) is 11.7 Å². The Morgan fingerprint density at radius 1 is 1.05 bits per heavy atom. The van der Waals surface area contributed by atoms with E-state index in [1.807, 2.05) is 35.9 Å². The summed E-state index contributed by atoms with van der Waals surface area (Å²) in [5, 5.41) is 10.2. The number of nitriles is 1. The molecule has 0 radical (unpaired) electrons. The number of hydrogen-bond acceptors (Lipinski definition) is 5. The molecule has 2 aromatic carbocycles. The van der Waals surface area contributed by atoms with Crippen LogP contribution < -0.4 is 4.74 Å². The fourth-order valence-corrected chi connectivity index (χ4v) is 6.06. The van der Waals surface area contributed by atoms with Gasteiger partial charge in [0.2, 0.25) is 0 Å². The van der Waals surface area contributed by atoms with Gasteiger partial charge >= 0.3 is 0 Å². The lowest BCUT2D eigenvalue weighted by Gasteiger charge is -2.40. The Morgan fingerprint density at radius 3 is 2.51 bits per heavy atom. The average molecular weight is 563 g/mol. The highest BCUT2D eigenvalue weighted by molar-refractivity contribution is 9.10. The van der Waals surface area contributed by atoms with Crippen LogP contribution in [0.4, 0.5) is 0 Å². The van der Waals surface area contributed by atoms with Crippen LogP contribution >= 0.6 is 15.9 Å². The number of para-hydroxylation sites is 1. The summed E-state index contributed by atoms with van der Waals surface area (Å²) in [6.07, 6.45) is 5.62. The lowest BCUT2D eigenvalue weighted by molar-refractivity contribution is -0.128. The van der Waals surface area contributed by atoms with Crippen LogP contribution in [0.1, 0.15) is 53.7 Å². The molecule has 0 spiro atoms. The molecule has 0 aliphatic carbocycles. The van der Waals surface area contributed by atoms with Crippen molar-refractivity contribution in [2.24, 2.45) is 7.05 Å². The molecule has 5 rings (SSSR count). The number of likely N-dealkylation sites (tertiary alicyclic amines) is 2. The van der Waals surface area contributed by atoms with E-state index in [1.165, 1.54) is 19.3 Å². The minimum atomic E-state index is -0.497. The zero-order chi connectivity index (χ0) is 25.9. The summed E-state index contributed by atoms with van der Waals surface area (Å²) >= 11 is 3.38. The number of piperidine rings is 2. The zero-order valence-corrected chi connectivity index (χ0v) is 22.7. The molecular weight excluding hydrogens is 532 g/mol. The number of benzene rings is 2. The van der Waals surface area contributed by atoms with Gasteiger partial charge in [-0.1, -0.05) is 40.5 Å². The van der Waals surface area contributed by atoms with E-state index >= 15 is 0 Å². The Balaban J connectivity index is 1.37. The molecule has 1 aromatic heterocycles. The van der Waals surface area contributed by atoms with Gasteiger partial charge in [0.05, 0.1) is 16.8 Å². The summed E-state index contributed by atoms with van der Waals surface area (Å²) in [6.45, 7) is 3.55. The van der Waals surface area contributed by atoms with Gasteiger partial charge in [-0.15, -0.1) is 0 Å². The van der Waals surface area contributed by atoms with Crippen LogP contribution in [0.25, 0.3) is 10.9 Å². The topological polar surface area (TPSA) is 78.6 Å². The van der Waals surface area contributed by atoms with Crippen molar-refractivity contribution in [1.82, 2.24) is 14.4 Å². The Morgan fingerprint density at radius 2 is 1.78 bits per heavy atom. The molecule has 2 aliphatic rings. The first-order valence-corrected chi connectivity index (χ1v) is 13.7. The first-order valence-electron chi connectivity index (χ1n) is 12.9. The van der Waals surface area contributed by atoms with Gasteiger partial charge in [-0.2, -0.15) is 5.26 Å². The highest BCUT2D eigenvalue weighted by Gasteiger charge is 2.33. The molecule has 0 unspecified atom stereocenters. The van der Waals surface area contributed by atoms with E-state index in [-0.39, 0.29) is 6.61 Å². The number of rotatable bonds is 6. The molecule has 0 saturated carbocycles.